The molecule has 0 bridgehead atoms. The van der Waals surface area contributed by atoms with E-state index in [1.165, 1.54) is 17.0 Å². The zero-order chi connectivity index (χ0) is 20.9. The molecule has 0 saturated carbocycles. The smallest absolute Gasteiger partial charge is 0.475 e. The Hall–Kier alpha value is -2.82. The van der Waals surface area contributed by atoms with Gasteiger partial charge in [0.25, 0.3) is 0 Å². The first-order valence-corrected chi connectivity index (χ1v) is 9.08. The van der Waals surface area contributed by atoms with Crippen molar-refractivity contribution in [2.75, 3.05) is 31.2 Å². The number of anilines is 1. The molecule has 4 heterocycles. The highest BCUT2D eigenvalue weighted by Gasteiger charge is 2.38. The summed E-state index contributed by atoms with van der Waals surface area (Å²) in [6.07, 6.45) is 3.13. The van der Waals surface area contributed by atoms with Gasteiger partial charge in [0.2, 0.25) is 5.95 Å². The number of fused-ring (bicyclic) bond motifs is 1. The maximum absolute atomic E-state index is 10.6. The van der Waals surface area contributed by atoms with Gasteiger partial charge in [-0.25, -0.2) is 24.7 Å². The Morgan fingerprint density at radius 2 is 1.83 bits per heavy atom. The van der Waals surface area contributed by atoms with E-state index in [1.807, 2.05) is 6.07 Å². The Labute approximate surface area is 164 Å². The molecule has 11 heteroatoms. The number of aliphatic carboxylic acids is 1. The molecule has 2 aromatic heterocycles. The first-order chi connectivity index (χ1) is 13.9. The largest absolute Gasteiger partial charge is 0.490 e. The van der Waals surface area contributed by atoms with Gasteiger partial charge in [-0.05, 0) is 24.5 Å². The number of hydrogen-bond acceptors (Lipinski definition) is 7. The number of hydrogen-bond donors (Lipinski definition) is 1. The van der Waals surface area contributed by atoms with Crippen molar-refractivity contribution in [2.45, 2.75) is 31.4 Å². The maximum atomic E-state index is 10.6. The van der Waals surface area contributed by atoms with Gasteiger partial charge in [0, 0.05) is 50.1 Å². The first-order valence-electron chi connectivity index (χ1n) is 9.08. The number of carboxylic acid groups (broad SMARTS) is 1. The van der Waals surface area contributed by atoms with Gasteiger partial charge in [-0.3, -0.25) is 0 Å². The Balaban J connectivity index is 0.000000298. The highest BCUT2D eigenvalue weighted by atomic mass is 19.4. The Morgan fingerprint density at radius 1 is 1.14 bits per heavy atom. The molecule has 0 aromatic carbocycles. The second-order valence-electron chi connectivity index (χ2n) is 6.58. The SMILES string of the molecule is O=C(O)C(F)(F)F.c1cnc(N2CCc3ncnc(C4CCOC4)c3CC2)nc1. The van der Waals surface area contributed by atoms with Crippen LogP contribution in [0.15, 0.2) is 24.8 Å². The molecule has 8 nitrogen and oxygen atoms in total. The number of carboxylic acids is 1. The van der Waals surface area contributed by atoms with Crippen LogP contribution in [0.4, 0.5) is 19.1 Å². The van der Waals surface area contributed by atoms with E-state index in [0.717, 1.165) is 51.5 Å². The molecule has 2 aromatic rings. The minimum absolute atomic E-state index is 0.427. The van der Waals surface area contributed by atoms with Gasteiger partial charge in [-0.2, -0.15) is 13.2 Å². The lowest BCUT2D eigenvalue weighted by Crippen LogP contribution is -2.27. The van der Waals surface area contributed by atoms with Crippen molar-refractivity contribution in [3.05, 3.63) is 41.7 Å². The van der Waals surface area contributed by atoms with Crippen LogP contribution in [0, 0.1) is 0 Å². The van der Waals surface area contributed by atoms with E-state index in [-0.39, 0.29) is 0 Å². The average Bonchev–Trinajstić information content (AvgIpc) is 3.14. The molecule has 1 saturated heterocycles. The molecule has 0 radical (unpaired) electrons. The van der Waals surface area contributed by atoms with Gasteiger partial charge in [0.15, 0.2) is 0 Å². The Morgan fingerprint density at radius 3 is 2.45 bits per heavy atom. The molecule has 156 valence electrons. The maximum Gasteiger partial charge on any atom is 0.490 e. The number of ether oxygens (including phenoxy) is 1. The van der Waals surface area contributed by atoms with Crippen molar-refractivity contribution >= 4 is 11.9 Å². The minimum Gasteiger partial charge on any atom is -0.475 e. The molecule has 4 rings (SSSR count). The standard InChI is InChI=1S/C16H19N5O.C2HF3O2/c1-5-17-16(18-6-1)21-7-2-13-14(3-8-21)19-11-20-15(13)12-4-9-22-10-12;3-2(4,5)1(6)7/h1,5-6,11-12H,2-4,7-10H2;(H,6,7). The minimum atomic E-state index is -5.08. The van der Waals surface area contributed by atoms with Crippen LogP contribution in [-0.2, 0) is 22.4 Å². The van der Waals surface area contributed by atoms with Crippen LogP contribution in [0.5, 0.6) is 0 Å². The summed E-state index contributed by atoms with van der Waals surface area (Å²) in [5.41, 5.74) is 3.69. The van der Waals surface area contributed by atoms with Gasteiger partial charge in [0.1, 0.15) is 6.33 Å². The number of nitrogens with zero attached hydrogens (tertiary/aromatic N) is 5. The third-order valence-electron chi connectivity index (χ3n) is 4.71. The van der Waals surface area contributed by atoms with Gasteiger partial charge in [-0.1, -0.05) is 0 Å². The molecular weight excluding hydrogens is 391 g/mol. The molecule has 29 heavy (non-hydrogen) atoms. The summed E-state index contributed by atoms with van der Waals surface area (Å²) in [6, 6.07) is 1.85. The average molecular weight is 411 g/mol. The number of aromatic nitrogens is 4. The number of alkyl halides is 3. The van der Waals surface area contributed by atoms with Crippen molar-refractivity contribution in [3.63, 3.8) is 0 Å². The summed E-state index contributed by atoms with van der Waals surface area (Å²) in [7, 11) is 0. The van der Waals surface area contributed by atoms with Crippen molar-refractivity contribution in [2.24, 2.45) is 0 Å². The molecule has 0 spiro atoms. The molecule has 1 fully saturated rings. The van der Waals surface area contributed by atoms with Crippen LogP contribution in [-0.4, -0.2) is 63.5 Å². The zero-order valence-corrected chi connectivity index (χ0v) is 15.5. The molecule has 2 aliphatic heterocycles. The predicted octanol–water partition coefficient (Wildman–Crippen LogP) is 2.01. The second kappa shape index (κ2) is 9.12. The van der Waals surface area contributed by atoms with Gasteiger partial charge >= 0.3 is 12.1 Å². The first kappa shape index (κ1) is 20.9. The van der Waals surface area contributed by atoms with Crippen molar-refractivity contribution in [3.8, 4) is 0 Å². The van der Waals surface area contributed by atoms with Crippen molar-refractivity contribution in [1.82, 2.24) is 19.9 Å². The van der Waals surface area contributed by atoms with Crippen LogP contribution >= 0.6 is 0 Å². The summed E-state index contributed by atoms with van der Waals surface area (Å²) in [6.45, 7) is 3.43. The number of halogens is 3. The number of carbonyl (C=O) groups is 1. The highest BCUT2D eigenvalue weighted by molar-refractivity contribution is 5.73. The molecule has 0 amide bonds. The van der Waals surface area contributed by atoms with Crippen LogP contribution in [0.1, 0.15) is 29.3 Å². The molecule has 1 unspecified atom stereocenters. The lowest BCUT2D eigenvalue weighted by molar-refractivity contribution is -0.192. The van der Waals surface area contributed by atoms with E-state index in [1.54, 1.807) is 18.7 Å². The molecule has 1 atom stereocenters. The lowest BCUT2D eigenvalue weighted by Gasteiger charge is -2.19. The summed E-state index contributed by atoms with van der Waals surface area (Å²) in [4.78, 5) is 29.0. The fraction of sp³-hybridized carbons (Fsp3) is 0.500. The van der Waals surface area contributed by atoms with E-state index in [0.29, 0.717) is 5.92 Å². The van der Waals surface area contributed by atoms with Crippen molar-refractivity contribution in [1.29, 1.82) is 0 Å². The van der Waals surface area contributed by atoms with Crippen molar-refractivity contribution < 1.29 is 27.8 Å². The van der Waals surface area contributed by atoms with Gasteiger partial charge in [-0.15, -0.1) is 0 Å². The molecular formula is C18H20F3N5O3. The van der Waals surface area contributed by atoms with E-state index >= 15 is 0 Å². The Bertz CT molecular complexity index is 829. The second-order valence-corrected chi connectivity index (χ2v) is 6.58. The third-order valence-corrected chi connectivity index (χ3v) is 4.71. The lowest BCUT2D eigenvalue weighted by atomic mass is 9.96. The van der Waals surface area contributed by atoms with Crippen LogP contribution in [0.3, 0.4) is 0 Å². The van der Waals surface area contributed by atoms with Crippen LogP contribution in [0.25, 0.3) is 0 Å². The summed E-state index contributed by atoms with van der Waals surface area (Å²) < 4.78 is 37.3. The fourth-order valence-electron chi connectivity index (χ4n) is 3.31. The summed E-state index contributed by atoms with van der Waals surface area (Å²) in [5, 5.41) is 7.12. The predicted molar refractivity (Wildman–Crippen MR) is 95.6 cm³/mol. The van der Waals surface area contributed by atoms with E-state index in [9.17, 15) is 13.2 Å². The monoisotopic (exact) mass is 411 g/mol. The van der Waals surface area contributed by atoms with Crippen LogP contribution in [0.2, 0.25) is 0 Å². The Kier molecular flexibility index (Phi) is 6.57. The highest BCUT2D eigenvalue weighted by Crippen LogP contribution is 2.29. The molecule has 0 aliphatic carbocycles. The fourth-order valence-corrected chi connectivity index (χ4v) is 3.31. The van der Waals surface area contributed by atoms with Crippen LogP contribution < -0.4 is 4.90 Å². The molecule has 1 N–H and O–H groups in total. The summed E-state index contributed by atoms with van der Waals surface area (Å²) in [5.74, 6) is -1.53. The third kappa shape index (κ3) is 5.37. The number of rotatable bonds is 2. The topological polar surface area (TPSA) is 101 Å². The molecule has 2 aliphatic rings. The van der Waals surface area contributed by atoms with E-state index in [2.05, 4.69) is 24.8 Å². The van der Waals surface area contributed by atoms with E-state index < -0.39 is 12.1 Å². The van der Waals surface area contributed by atoms with E-state index in [4.69, 9.17) is 14.6 Å². The zero-order valence-electron chi connectivity index (χ0n) is 15.5. The quantitative estimate of drug-likeness (QED) is 0.801. The van der Waals surface area contributed by atoms with Gasteiger partial charge < -0.3 is 14.7 Å². The van der Waals surface area contributed by atoms with Gasteiger partial charge in [0.05, 0.1) is 12.3 Å². The summed E-state index contributed by atoms with van der Waals surface area (Å²) >= 11 is 0. The normalized spacial score (nSPS) is 19.0.